The standard InChI is InChI=1S/C17H11Cl2FN2O3/c18-11-3-13-15(14(19)4-11)21-7-22(17(13)23)5-9-1-12(20)2-10-6-24-8-25-16(9)10/h1-4,7H,5-6,8H2. The Hall–Kier alpha value is -2.15. The molecule has 1 aliphatic heterocycles. The molecule has 0 fully saturated rings. The number of hydrogen-bond acceptors (Lipinski definition) is 4. The van der Waals surface area contributed by atoms with E-state index in [4.69, 9.17) is 32.7 Å². The lowest BCUT2D eigenvalue weighted by atomic mass is 10.1. The third kappa shape index (κ3) is 2.97. The summed E-state index contributed by atoms with van der Waals surface area (Å²) in [5, 5.41) is 0.947. The SMILES string of the molecule is O=c1c2cc(Cl)cc(Cl)c2ncn1Cc1cc(F)cc2c1OCOC2. The van der Waals surface area contributed by atoms with Gasteiger partial charge >= 0.3 is 0 Å². The minimum atomic E-state index is -0.421. The Morgan fingerprint density at radius 2 is 2.08 bits per heavy atom. The van der Waals surface area contributed by atoms with Gasteiger partial charge in [0, 0.05) is 16.1 Å². The predicted molar refractivity (Wildman–Crippen MR) is 91.8 cm³/mol. The van der Waals surface area contributed by atoms with Crippen LogP contribution in [0.15, 0.2) is 35.4 Å². The van der Waals surface area contributed by atoms with Gasteiger partial charge in [-0.05, 0) is 24.3 Å². The molecular weight excluding hydrogens is 370 g/mol. The van der Waals surface area contributed by atoms with Crippen LogP contribution in [0.1, 0.15) is 11.1 Å². The minimum absolute atomic E-state index is 0.0850. The number of aromatic nitrogens is 2. The van der Waals surface area contributed by atoms with E-state index >= 15 is 0 Å². The maximum atomic E-state index is 13.9. The first-order valence-corrected chi connectivity index (χ1v) is 8.14. The largest absolute Gasteiger partial charge is 0.467 e. The summed E-state index contributed by atoms with van der Waals surface area (Å²) >= 11 is 12.1. The molecule has 0 radical (unpaired) electrons. The van der Waals surface area contributed by atoms with Crippen molar-refractivity contribution in [3.05, 3.63) is 67.9 Å². The van der Waals surface area contributed by atoms with Gasteiger partial charge < -0.3 is 9.47 Å². The predicted octanol–water partition coefficient (Wildman–Crippen LogP) is 3.76. The van der Waals surface area contributed by atoms with Gasteiger partial charge in [0.25, 0.3) is 5.56 Å². The Kier molecular flexibility index (Phi) is 4.11. The van der Waals surface area contributed by atoms with E-state index in [0.717, 1.165) is 0 Å². The Morgan fingerprint density at radius 3 is 2.92 bits per heavy atom. The smallest absolute Gasteiger partial charge is 0.261 e. The Labute approximate surface area is 151 Å². The summed E-state index contributed by atoms with van der Waals surface area (Å²) in [7, 11) is 0. The molecule has 1 aromatic heterocycles. The van der Waals surface area contributed by atoms with Gasteiger partial charge in [0.1, 0.15) is 11.6 Å². The van der Waals surface area contributed by atoms with E-state index in [-0.39, 0.29) is 25.5 Å². The molecule has 0 bridgehead atoms. The lowest BCUT2D eigenvalue weighted by Crippen LogP contribution is -2.22. The fraction of sp³-hybridized carbons (Fsp3) is 0.176. The summed E-state index contributed by atoms with van der Waals surface area (Å²) < 4.78 is 25.9. The molecule has 3 aromatic rings. The molecule has 0 saturated heterocycles. The molecule has 0 unspecified atom stereocenters. The van der Waals surface area contributed by atoms with E-state index in [2.05, 4.69) is 4.98 Å². The van der Waals surface area contributed by atoms with Gasteiger partial charge in [-0.25, -0.2) is 9.37 Å². The van der Waals surface area contributed by atoms with Crippen LogP contribution < -0.4 is 10.3 Å². The van der Waals surface area contributed by atoms with Crippen molar-refractivity contribution in [3.8, 4) is 5.75 Å². The fourth-order valence-corrected chi connectivity index (χ4v) is 3.41. The second kappa shape index (κ2) is 6.29. The van der Waals surface area contributed by atoms with Crippen LogP contribution in [-0.4, -0.2) is 16.3 Å². The number of nitrogens with zero attached hydrogens (tertiary/aromatic N) is 2. The first-order valence-electron chi connectivity index (χ1n) is 7.39. The van der Waals surface area contributed by atoms with Crippen molar-refractivity contribution < 1.29 is 13.9 Å². The zero-order valence-corrected chi connectivity index (χ0v) is 14.3. The highest BCUT2D eigenvalue weighted by atomic mass is 35.5. The average Bonchev–Trinajstić information content (AvgIpc) is 2.57. The maximum absolute atomic E-state index is 13.9. The highest BCUT2D eigenvalue weighted by molar-refractivity contribution is 6.38. The monoisotopic (exact) mass is 380 g/mol. The third-order valence-electron chi connectivity index (χ3n) is 3.94. The molecule has 0 spiro atoms. The van der Waals surface area contributed by atoms with Crippen molar-refractivity contribution in [2.45, 2.75) is 13.2 Å². The van der Waals surface area contributed by atoms with Gasteiger partial charge in [-0.1, -0.05) is 23.2 Å². The Morgan fingerprint density at radius 1 is 1.24 bits per heavy atom. The van der Waals surface area contributed by atoms with Crippen LogP contribution in [0.25, 0.3) is 10.9 Å². The second-order valence-corrected chi connectivity index (χ2v) is 6.47. The lowest BCUT2D eigenvalue weighted by Gasteiger charge is -2.21. The summed E-state index contributed by atoms with van der Waals surface area (Å²) in [6.07, 6.45) is 1.38. The first-order chi connectivity index (χ1) is 12.0. The number of hydrogen-bond donors (Lipinski definition) is 0. The Bertz CT molecular complexity index is 1050. The quantitative estimate of drug-likeness (QED) is 0.679. The van der Waals surface area contributed by atoms with Crippen molar-refractivity contribution >= 4 is 34.1 Å². The molecule has 0 amide bonds. The van der Waals surface area contributed by atoms with E-state index < -0.39 is 5.82 Å². The number of ether oxygens (including phenoxy) is 2. The zero-order valence-electron chi connectivity index (χ0n) is 12.8. The fourth-order valence-electron chi connectivity index (χ4n) is 2.87. The molecular formula is C17H11Cl2FN2O3. The van der Waals surface area contributed by atoms with E-state index in [1.54, 1.807) is 0 Å². The normalized spacial score (nSPS) is 13.6. The summed E-state index contributed by atoms with van der Waals surface area (Å²) in [5.41, 5.74) is 1.20. The molecule has 0 saturated carbocycles. The molecule has 2 heterocycles. The van der Waals surface area contributed by atoms with Crippen LogP contribution in [-0.2, 0) is 17.9 Å². The molecule has 5 nitrogen and oxygen atoms in total. The van der Waals surface area contributed by atoms with E-state index in [0.29, 0.717) is 37.8 Å². The van der Waals surface area contributed by atoms with Crippen LogP contribution in [0.2, 0.25) is 10.0 Å². The van der Waals surface area contributed by atoms with Crippen LogP contribution in [0, 0.1) is 5.82 Å². The summed E-state index contributed by atoms with van der Waals surface area (Å²) in [4.78, 5) is 17.0. The van der Waals surface area contributed by atoms with Crippen molar-refractivity contribution in [3.63, 3.8) is 0 Å². The van der Waals surface area contributed by atoms with Gasteiger partial charge in [-0.3, -0.25) is 9.36 Å². The Balaban J connectivity index is 1.83. The van der Waals surface area contributed by atoms with Crippen LogP contribution in [0.3, 0.4) is 0 Å². The van der Waals surface area contributed by atoms with E-state index in [1.807, 2.05) is 0 Å². The van der Waals surface area contributed by atoms with Gasteiger partial charge in [0.05, 0.1) is 35.4 Å². The number of benzene rings is 2. The highest BCUT2D eigenvalue weighted by Crippen LogP contribution is 2.30. The van der Waals surface area contributed by atoms with Crippen LogP contribution in [0.4, 0.5) is 4.39 Å². The number of rotatable bonds is 2. The van der Waals surface area contributed by atoms with Gasteiger partial charge in [0.15, 0.2) is 6.79 Å². The molecule has 2 aromatic carbocycles. The van der Waals surface area contributed by atoms with E-state index in [1.165, 1.54) is 35.2 Å². The molecule has 0 aliphatic carbocycles. The minimum Gasteiger partial charge on any atom is -0.467 e. The van der Waals surface area contributed by atoms with Crippen LogP contribution in [0.5, 0.6) is 5.75 Å². The van der Waals surface area contributed by atoms with Crippen molar-refractivity contribution in [1.29, 1.82) is 0 Å². The van der Waals surface area contributed by atoms with Crippen molar-refractivity contribution in [2.24, 2.45) is 0 Å². The van der Waals surface area contributed by atoms with Crippen molar-refractivity contribution in [2.75, 3.05) is 6.79 Å². The molecule has 8 heteroatoms. The number of halogens is 3. The van der Waals surface area contributed by atoms with Gasteiger partial charge in [-0.15, -0.1) is 0 Å². The average molecular weight is 381 g/mol. The second-order valence-electron chi connectivity index (χ2n) is 5.63. The lowest BCUT2D eigenvalue weighted by molar-refractivity contribution is -0.0173. The van der Waals surface area contributed by atoms with E-state index in [9.17, 15) is 9.18 Å². The van der Waals surface area contributed by atoms with Crippen LogP contribution >= 0.6 is 23.2 Å². The maximum Gasteiger partial charge on any atom is 0.261 e. The number of fused-ring (bicyclic) bond motifs is 2. The van der Waals surface area contributed by atoms with Gasteiger partial charge in [-0.2, -0.15) is 0 Å². The first kappa shape index (κ1) is 16.3. The topological polar surface area (TPSA) is 53.4 Å². The molecule has 4 rings (SSSR count). The zero-order chi connectivity index (χ0) is 17.6. The molecule has 25 heavy (non-hydrogen) atoms. The summed E-state index contributed by atoms with van der Waals surface area (Å²) in [6, 6.07) is 5.74. The summed E-state index contributed by atoms with van der Waals surface area (Å²) in [6.45, 7) is 0.448. The van der Waals surface area contributed by atoms with Gasteiger partial charge in [0.2, 0.25) is 0 Å². The van der Waals surface area contributed by atoms with Crippen molar-refractivity contribution in [1.82, 2.24) is 9.55 Å². The molecule has 0 atom stereocenters. The summed E-state index contributed by atoms with van der Waals surface area (Å²) in [5.74, 6) is 0.111. The molecule has 0 N–H and O–H groups in total. The third-order valence-corrected chi connectivity index (χ3v) is 4.44. The highest BCUT2D eigenvalue weighted by Gasteiger charge is 2.18. The molecule has 128 valence electrons. The molecule has 1 aliphatic rings.